The van der Waals surface area contributed by atoms with Gasteiger partial charge in [0.25, 0.3) is 0 Å². The van der Waals surface area contributed by atoms with E-state index in [2.05, 4.69) is 145 Å². The van der Waals surface area contributed by atoms with Gasteiger partial charge in [0, 0.05) is 44.1 Å². The molecule has 21 rings (SSSR count). The Morgan fingerprint density at radius 1 is 0.241 bits per heavy atom. The van der Waals surface area contributed by atoms with E-state index < -0.39 is 0 Å². The van der Waals surface area contributed by atoms with Crippen LogP contribution in [0.4, 0.5) is 0 Å². The van der Waals surface area contributed by atoms with Crippen molar-refractivity contribution in [1.29, 1.82) is 0 Å². The zero-order valence-electron chi connectivity index (χ0n) is 60.9. The smallest absolute Gasteiger partial charge is 0.389 e. The van der Waals surface area contributed by atoms with Crippen molar-refractivity contribution in [3.63, 3.8) is 0 Å². The molecule has 10 aromatic heterocycles. The fourth-order valence-corrected chi connectivity index (χ4v) is 15.9. The van der Waals surface area contributed by atoms with E-state index in [0.717, 1.165) is 122 Å². The largest absolute Gasteiger partial charge is 3.00 e. The predicted octanol–water partition coefficient (Wildman–Crippen LogP) is 19.9. The van der Waals surface area contributed by atoms with Gasteiger partial charge in [-0.05, 0) is 140 Å². The Balaban J connectivity index is 0.00000449. The minimum atomic E-state index is -0.210. The SMILES string of the molecule is O=c1c2ccccc2nc2cc(-c3ccccc3-c3cc(-c4ccccc4-c4c[c-]n5c(=O)c6ccccc6nc5c4)cc(-c4cccc(-c5cc(-c6ccccc6-c6c[c-]n7c(=O)c8ccccc8nc7c6)cc(-c6ccccc6-c6c[c-]n7c(=O)c8ccccc8nc7c6)c5)c4-c4c[c-]c(-c5[c-]cccn5)nc4)c3)c[c-]n12.[Ir+3].[Ir+3]. The van der Waals surface area contributed by atoms with Gasteiger partial charge in [0.2, 0.25) is 0 Å². The zero-order chi connectivity index (χ0) is 76.1. The number of hydrogen-bond acceptors (Lipinski definition) is 10. The molecule has 0 aliphatic carbocycles. The Hall–Kier alpha value is -14.5. The van der Waals surface area contributed by atoms with E-state index >= 15 is 0 Å². The summed E-state index contributed by atoms with van der Waals surface area (Å²) in [5, 5.41) is 2.00. The Morgan fingerprint density at radius 2 is 0.509 bits per heavy atom. The maximum absolute atomic E-state index is 14.0. The standard InChI is InChI=1S/C100H54N10O4.2Ir/c111-97-82-28-9-13-34-86(82)103-92-56-61(41-46-107(92)97)72-20-1-5-24-76(72)66-50-67(77-25-6-2-21-73(77)62-42-47-108-93(57-62)104-87-35-14-10-29-83(87)98(108)112)53-70(52-66)80-32-19-33-81(96(80)65-39-40-91(102-60-65)90-38-17-18-45-101-90)71-54-68(78-26-7-3-22-74(78)63-43-48-109-94(58-63)105-88-36-15-11-30-84(88)99(109)113)51-69(55-71)79-27-8-4-23-75(79)64-44-49-110-95(59-64)106-89-37-16-12-31-85(89)100(110)114;;/h1-37,39,41-45,50-60H;;/q-6;2*+3. The van der Waals surface area contributed by atoms with Gasteiger partial charge in [0.1, 0.15) is 0 Å². The summed E-state index contributed by atoms with van der Waals surface area (Å²) in [6, 6.07) is 110. The summed E-state index contributed by atoms with van der Waals surface area (Å²) < 4.78 is 5.89. The Kier molecular flexibility index (Phi) is 18.3. The van der Waals surface area contributed by atoms with Crippen molar-refractivity contribution in [2.24, 2.45) is 0 Å². The Bertz CT molecular complexity index is 7070. The predicted molar refractivity (Wildman–Crippen MR) is 450 cm³/mol. The second-order valence-electron chi connectivity index (χ2n) is 28.0. The third-order valence-electron chi connectivity index (χ3n) is 21.3. The van der Waals surface area contributed by atoms with Crippen LogP contribution < -0.4 is 22.2 Å². The van der Waals surface area contributed by atoms with Crippen LogP contribution in [0.2, 0.25) is 0 Å². The molecule has 16 heteroatoms. The van der Waals surface area contributed by atoms with Gasteiger partial charge >= 0.3 is 40.2 Å². The first kappa shape index (κ1) is 71.8. The van der Waals surface area contributed by atoms with E-state index in [1.54, 1.807) is 30.5 Å². The number of para-hydroxylation sites is 4. The van der Waals surface area contributed by atoms with Crippen molar-refractivity contribution in [3.05, 3.63) is 406 Å². The number of fused-ring (bicyclic) bond motifs is 8. The molecule has 116 heavy (non-hydrogen) atoms. The van der Waals surface area contributed by atoms with Gasteiger partial charge in [-0.15, -0.1) is 41.7 Å². The molecule has 0 unspecified atom stereocenters. The summed E-state index contributed by atoms with van der Waals surface area (Å²) in [5.74, 6) is 0. The third-order valence-corrected chi connectivity index (χ3v) is 21.3. The molecule has 0 aliphatic rings. The van der Waals surface area contributed by atoms with E-state index in [-0.39, 0.29) is 62.4 Å². The van der Waals surface area contributed by atoms with Crippen molar-refractivity contribution < 1.29 is 40.2 Å². The van der Waals surface area contributed by atoms with Gasteiger partial charge in [-0.2, -0.15) is 12.1 Å². The van der Waals surface area contributed by atoms with Crippen LogP contribution in [0.1, 0.15) is 0 Å². The molecule has 0 saturated heterocycles. The molecule has 14 nitrogen and oxygen atoms in total. The van der Waals surface area contributed by atoms with Crippen LogP contribution in [0.15, 0.2) is 347 Å². The number of benzene rings is 11. The summed E-state index contributed by atoms with van der Waals surface area (Å²) in [4.78, 5) is 85.9. The number of nitrogens with zero attached hydrogens (tertiary/aromatic N) is 10. The van der Waals surface area contributed by atoms with Crippen molar-refractivity contribution in [1.82, 2.24) is 47.5 Å². The molecule has 0 atom stereocenters. The van der Waals surface area contributed by atoms with Crippen LogP contribution in [0.25, 0.3) is 200 Å². The molecule has 0 aliphatic heterocycles. The van der Waals surface area contributed by atoms with Crippen molar-refractivity contribution in [2.75, 3.05) is 0 Å². The summed E-state index contributed by atoms with van der Waals surface area (Å²) >= 11 is 0. The van der Waals surface area contributed by atoms with Gasteiger partial charge < -0.3 is 46.7 Å². The summed E-state index contributed by atoms with van der Waals surface area (Å²) in [7, 11) is 0. The minimum absolute atomic E-state index is 0. The second-order valence-corrected chi connectivity index (χ2v) is 28.0. The Morgan fingerprint density at radius 3 is 0.793 bits per heavy atom. The van der Waals surface area contributed by atoms with Gasteiger partial charge in [0.15, 0.2) is 22.2 Å². The zero-order valence-corrected chi connectivity index (χ0v) is 65.7. The molecule has 0 N–H and O–H groups in total. The molecular weight excluding hydrogens is 1790 g/mol. The first-order valence-electron chi connectivity index (χ1n) is 37.0. The topological polar surface area (TPSA) is 163 Å². The molecule has 0 bridgehead atoms. The molecule has 0 fully saturated rings. The molecular formula is C100H54Ir2N10O4. The molecule has 0 amide bonds. The van der Waals surface area contributed by atoms with Crippen LogP contribution in [0, 0.1) is 36.9 Å². The molecule has 0 saturated carbocycles. The van der Waals surface area contributed by atoms with Gasteiger partial charge in [-0.1, -0.05) is 293 Å². The van der Waals surface area contributed by atoms with E-state index in [9.17, 15) is 19.2 Å². The summed E-state index contributed by atoms with van der Waals surface area (Å²) in [5.41, 5.74) is 23.2. The number of hydrogen-bond donors (Lipinski definition) is 0. The first-order valence-corrected chi connectivity index (χ1v) is 37.0. The molecule has 546 valence electrons. The molecule has 11 aromatic carbocycles. The maximum Gasteiger partial charge on any atom is 3.00 e. The maximum atomic E-state index is 14.0. The first-order chi connectivity index (χ1) is 56.1. The molecule has 0 radical (unpaired) electrons. The van der Waals surface area contributed by atoms with E-state index in [1.807, 2.05) is 194 Å². The van der Waals surface area contributed by atoms with Crippen molar-refractivity contribution in [3.8, 4) is 134 Å². The normalized spacial score (nSPS) is 11.4. The third kappa shape index (κ3) is 12.5. The number of pyridine rings is 6. The van der Waals surface area contributed by atoms with E-state index in [0.29, 0.717) is 77.6 Å². The average Bonchev–Trinajstić information content (AvgIpc) is 0.745. The average molecular weight is 1840 g/mol. The van der Waals surface area contributed by atoms with Crippen LogP contribution in [-0.4, -0.2) is 47.5 Å². The second kappa shape index (κ2) is 29.5. The van der Waals surface area contributed by atoms with Crippen LogP contribution in [0.5, 0.6) is 0 Å². The van der Waals surface area contributed by atoms with Gasteiger partial charge in [0.05, 0.1) is 22.1 Å². The fourth-order valence-electron chi connectivity index (χ4n) is 15.9. The van der Waals surface area contributed by atoms with Crippen molar-refractivity contribution in [2.45, 2.75) is 0 Å². The summed E-state index contributed by atoms with van der Waals surface area (Å²) in [6.07, 6.45) is 16.8. The van der Waals surface area contributed by atoms with Crippen LogP contribution in [-0.2, 0) is 40.2 Å². The summed E-state index contributed by atoms with van der Waals surface area (Å²) in [6.45, 7) is 0. The van der Waals surface area contributed by atoms with E-state index in [4.69, 9.17) is 24.9 Å². The van der Waals surface area contributed by atoms with Crippen molar-refractivity contribution >= 4 is 66.2 Å². The number of rotatable bonds is 12. The quantitative estimate of drug-likeness (QED) is 0.0849. The molecule has 0 spiro atoms. The number of aromatic nitrogens is 10. The van der Waals surface area contributed by atoms with Gasteiger partial charge in [-0.25, -0.2) is 12.1 Å². The monoisotopic (exact) mass is 1840 g/mol. The fraction of sp³-hybridized carbons (Fsp3) is 0. The van der Waals surface area contributed by atoms with E-state index in [1.165, 1.54) is 17.6 Å². The van der Waals surface area contributed by atoms with Crippen LogP contribution in [0.3, 0.4) is 0 Å². The van der Waals surface area contributed by atoms with Gasteiger partial charge in [-0.3, -0.25) is 19.9 Å². The molecule has 21 aromatic rings. The van der Waals surface area contributed by atoms with Crippen LogP contribution >= 0.6 is 0 Å². The minimum Gasteiger partial charge on any atom is -0.389 e. The Labute approximate surface area is 688 Å². The molecule has 10 heterocycles.